The molecule has 0 unspecified atom stereocenters. The molecule has 0 aromatic rings. The van der Waals surface area contributed by atoms with E-state index in [4.69, 9.17) is 0 Å². The van der Waals surface area contributed by atoms with Crippen molar-refractivity contribution in [2.45, 2.75) is 39.4 Å². The summed E-state index contributed by atoms with van der Waals surface area (Å²) in [7, 11) is 0. The van der Waals surface area contributed by atoms with Crippen molar-refractivity contribution in [3.63, 3.8) is 0 Å². The predicted octanol–water partition coefficient (Wildman–Crippen LogP) is 4.28. The third-order valence-electron chi connectivity index (χ3n) is 3.85. The van der Waals surface area contributed by atoms with E-state index in [1.165, 1.54) is 25.7 Å². The van der Waals surface area contributed by atoms with Crippen molar-refractivity contribution in [2.24, 2.45) is 0 Å². The van der Waals surface area contributed by atoms with Crippen molar-refractivity contribution in [2.75, 3.05) is 0 Å². The molecule has 4 aliphatic rings. The molecule has 68 valence electrons. The van der Waals surface area contributed by atoms with Gasteiger partial charge in [0.2, 0.25) is 0 Å². The first-order valence-electron chi connectivity index (χ1n) is 4.08. The molecule has 12 heavy (non-hydrogen) atoms. The molecule has 4 bridgehead atoms. The van der Waals surface area contributed by atoms with Crippen LogP contribution in [0.2, 0.25) is 0 Å². The number of halogens is 4. The fourth-order valence-corrected chi connectivity index (χ4v) is 12.9. The summed E-state index contributed by atoms with van der Waals surface area (Å²) in [6, 6.07) is 0. The zero-order valence-corrected chi connectivity index (χ0v) is 15.0. The van der Waals surface area contributed by atoms with E-state index < -0.39 is 0 Å². The summed E-state index contributed by atoms with van der Waals surface area (Å²) in [6.45, 7) is 0. The highest BCUT2D eigenvalue weighted by Gasteiger charge is 2.81. The molecule has 0 spiro atoms. The largest absolute Gasteiger partial charge is 0.0773 e. The maximum absolute atomic E-state index is 2.76. The van der Waals surface area contributed by atoms with Crippen molar-refractivity contribution in [3.05, 3.63) is 0 Å². The molecule has 4 rings (SSSR count). The summed E-state index contributed by atoms with van der Waals surface area (Å²) in [5, 5.41) is 0. The van der Waals surface area contributed by atoms with E-state index in [1.807, 2.05) is 0 Å². The molecule has 4 fully saturated rings. The van der Waals surface area contributed by atoms with Crippen molar-refractivity contribution >= 4 is 90.4 Å². The van der Waals surface area contributed by atoms with E-state index in [-0.39, 0.29) is 0 Å². The van der Waals surface area contributed by atoms with Gasteiger partial charge in [-0.1, -0.05) is 90.4 Å². The average molecular weight is 612 g/mol. The van der Waals surface area contributed by atoms with Crippen LogP contribution in [0.3, 0.4) is 0 Å². The lowest BCUT2D eigenvalue weighted by Gasteiger charge is -2.29. The van der Waals surface area contributed by atoms with E-state index in [0.717, 1.165) is 0 Å². The van der Waals surface area contributed by atoms with Gasteiger partial charge in [-0.05, 0) is 25.7 Å². The van der Waals surface area contributed by atoms with Crippen LogP contribution in [0.1, 0.15) is 25.7 Å². The van der Waals surface area contributed by atoms with Gasteiger partial charge in [0.25, 0.3) is 0 Å². The van der Waals surface area contributed by atoms with Crippen LogP contribution in [0.5, 0.6) is 0 Å². The Hall–Kier alpha value is 2.92. The first-order chi connectivity index (χ1) is 5.33. The number of rotatable bonds is 0. The monoisotopic (exact) mass is 612 g/mol. The van der Waals surface area contributed by atoms with Gasteiger partial charge in [-0.25, -0.2) is 0 Å². The zero-order chi connectivity index (χ0) is 8.83. The maximum Gasteiger partial charge on any atom is 0.0395 e. The van der Waals surface area contributed by atoms with E-state index in [1.54, 1.807) is 0 Å². The highest BCUT2D eigenvalue weighted by Crippen LogP contribution is 2.82. The molecule has 4 saturated carbocycles. The first-order valence-corrected chi connectivity index (χ1v) is 8.40. The second-order valence-electron chi connectivity index (χ2n) is 4.57. The lowest BCUT2D eigenvalue weighted by Crippen LogP contribution is -2.32. The highest BCUT2D eigenvalue weighted by molar-refractivity contribution is 14.1. The molecule has 0 aromatic carbocycles. The van der Waals surface area contributed by atoms with Crippen LogP contribution >= 0.6 is 90.4 Å². The number of hydrogen-bond acceptors (Lipinski definition) is 0. The van der Waals surface area contributed by atoms with Gasteiger partial charge in [0.15, 0.2) is 0 Å². The van der Waals surface area contributed by atoms with E-state index >= 15 is 0 Å². The summed E-state index contributed by atoms with van der Waals surface area (Å²) in [6.07, 6.45) is 5.86. The normalized spacial score (nSPS) is 73.0. The molecule has 0 aliphatic heterocycles. The second kappa shape index (κ2) is 2.43. The van der Waals surface area contributed by atoms with Crippen LogP contribution in [0.25, 0.3) is 0 Å². The van der Waals surface area contributed by atoms with Crippen molar-refractivity contribution in [1.29, 1.82) is 0 Å². The topological polar surface area (TPSA) is 0 Å². The summed E-state index contributed by atoms with van der Waals surface area (Å²) < 4.78 is 2.59. The molecule has 0 saturated heterocycles. The highest BCUT2D eigenvalue weighted by atomic mass is 127. The molecule has 0 atom stereocenters. The van der Waals surface area contributed by atoms with E-state index in [0.29, 0.717) is 13.7 Å². The van der Waals surface area contributed by atoms with Gasteiger partial charge < -0.3 is 0 Å². The van der Waals surface area contributed by atoms with Crippen LogP contribution in [0.15, 0.2) is 0 Å². The van der Waals surface area contributed by atoms with Crippen molar-refractivity contribution in [1.82, 2.24) is 0 Å². The smallest absolute Gasteiger partial charge is 0.0395 e. The number of hydrogen-bond donors (Lipinski definition) is 0. The Morgan fingerprint density at radius 3 is 0.750 bits per heavy atom. The predicted molar refractivity (Wildman–Crippen MR) is 85.5 cm³/mol. The van der Waals surface area contributed by atoms with E-state index in [2.05, 4.69) is 90.4 Å². The molecule has 4 aliphatic carbocycles. The maximum atomic E-state index is 2.76. The Labute approximate surface area is 127 Å². The Morgan fingerprint density at radius 1 is 0.500 bits per heavy atom. The summed E-state index contributed by atoms with van der Waals surface area (Å²) in [4.78, 5) is 0. The van der Waals surface area contributed by atoms with Crippen molar-refractivity contribution in [3.8, 4) is 0 Å². The van der Waals surface area contributed by atoms with Crippen LogP contribution in [-0.4, -0.2) is 13.7 Å². The van der Waals surface area contributed by atoms with Gasteiger partial charge >= 0.3 is 0 Å². The summed E-state index contributed by atoms with van der Waals surface area (Å²) in [5.74, 6) is 0. The zero-order valence-electron chi connectivity index (χ0n) is 6.34. The third-order valence-corrected chi connectivity index (χ3v) is 13.1. The fraction of sp³-hybridized carbons (Fsp3) is 1.00. The molecule has 0 nitrogen and oxygen atoms in total. The summed E-state index contributed by atoms with van der Waals surface area (Å²) in [5.41, 5.74) is 0. The van der Waals surface area contributed by atoms with Crippen LogP contribution < -0.4 is 0 Å². The lowest BCUT2D eigenvalue weighted by molar-refractivity contribution is 0.605. The van der Waals surface area contributed by atoms with E-state index in [9.17, 15) is 0 Å². The molecule has 0 radical (unpaired) electrons. The lowest BCUT2D eigenvalue weighted by atomic mass is 10.0. The average Bonchev–Trinajstić information content (AvgIpc) is 2.19. The van der Waals surface area contributed by atoms with Crippen LogP contribution in [0.4, 0.5) is 0 Å². The third kappa shape index (κ3) is 0.910. The standard InChI is InChI=1S/C8H8I4/c9-5-1-6(10)3-8(5,12)4-7(6,11)2-5/h1-4H2. The van der Waals surface area contributed by atoms with Gasteiger partial charge in [0.05, 0.1) is 0 Å². The van der Waals surface area contributed by atoms with Gasteiger partial charge in [0.1, 0.15) is 0 Å². The molecule has 0 heterocycles. The van der Waals surface area contributed by atoms with Crippen LogP contribution in [-0.2, 0) is 0 Å². The molecular weight excluding hydrogens is 604 g/mol. The Balaban J connectivity index is 2.23. The first kappa shape index (κ1) is 10.1. The van der Waals surface area contributed by atoms with Gasteiger partial charge in [-0.3, -0.25) is 0 Å². The molecule has 0 N–H and O–H groups in total. The SMILES string of the molecule is IC12CC3(I)CC1(I)CC3(I)C2. The molecular formula is C8H8I4. The van der Waals surface area contributed by atoms with Crippen LogP contribution in [0, 0.1) is 0 Å². The summed E-state index contributed by atoms with van der Waals surface area (Å²) >= 11 is 11.0. The minimum atomic E-state index is 0.647. The Bertz CT molecular complexity index is 208. The molecule has 0 aromatic heterocycles. The van der Waals surface area contributed by atoms with Gasteiger partial charge in [-0.2, -0.15) is 0 Å². The van der Waals surface area contributed by atoms with Crippen molar-refractivity contribution < 1.29 is 0 Å². The van der Waals surface area contributed by atoms with Gasteiger partial charge in [-0.15, -0.1) is 0 Å². The second-order valence-corrected chi connectivity index (χ2v) is 12.8. The minimum Gasteiger partial charge on any atom is -0.0773 e. The Kier molecular flexibility index (Phi) is 2.05. The Morgan fingerprint density at radius 2 is 0.667 bits per heavy atom. The molecule has 4 heteroatoms. The fourth-order valence-electron chi connectivity index (χ4n) is 3.29. The number of alkyl halides is 4. The van der Waals surface area contributed by atoms with Gasteiger partial charge in [0, 0.05) is 13.7 Å². The molecule has 0 amide bonds. The quantitative estimate of drug-likeness (QED) is 0.284. The minimum absolute atomic E-state index is 0.647.